The second-order valence-electron chi connectivity index (χ2n) is 13.0. The first-order chi connectivity index (χ1) is 21.4. The Labute approximate surface area is 261 Å². The van der Waals surface area contributed by atoms with Gasteiger partial charge in [0.25, 0.3) is 0 Å². The molecule has 4 atom stereocenters. The summed E-state index contributed by atoms with van der Waals surface area (Å²) in [6, 6.07) is 1.14. The van der Waals surface area contributed by atoms with Crippen molar-refractivity contribution < 1.29 is 27.0 Å². The lowest BCUT2D eigenvalue weighted by atomic mass is 9.94. The van der Waals surface area contributed by atoms with E-state index in [1.165, 1.54) is 6.92 Å². The van der Waals surface area contributed by atoms with Gasteiger partial charge in [-0.05, 0) is 57.2 Å². The summed E-state index contributed by atoms with van der Waals surface area (Å²) in [5, 5.41) is 3.47. The van der Waals surface area contributed by atoms with Crippen molar-refractivity contribution in [3.8, 4) is 23.0 Å². The molecule has 14 heteroatoms. The van der Waals surface area contributed by atoms with Gasteiger partial charge >= 0.3 is 12.2 Å². The van der Waals surface area contributed by atoms with Gasteiger partial charge in [0, 0.05) is 25.2 Å². The van der Waals surface area contributed by atoms with Gasteiger partial charge in [0.05, 0.1) is 38.8 Å². The summed E-state index contributed by atoms with van der Waals surface area (Å²) < 4.78 is 72.7. The Morgan fingerprint density at radius 1 is 1.27 bits per heavy atom. The van der Waals surface area contributed by atoms with Crippen LogP contribution in [0.25, 0.3) is 22.2 Å². The number of fused-ring (bicyclic) bond motifs is 6. The number of nitrogen functional groups attached to an aromatic ring is 1. The minimum Gasteiger partial charge on any atom is -0.489 e. The number of rotatable bonds is 4. The molecule has 3 aromatic rings. The van der Waals surface area contributed by atoms with E-state index in [-0.39, 0.29) is 75.9 Å². The molecule has 0 spiro atoms. The monoisotopic (exact) mass is 645 g/mol. The predicted molar refractivity (Wildman–Crippen MR) is 161 cm³/mol. The molecule has 0 unspecified atom stereocenters. The van der Waals surface area contributed by atoms with Crippen molar-refractivity contribution in [1.82, 2.24) is 25.2 Å². The van der Waals surface area contributed by atoms with Gasteiger partial charge in [-0.15, -0.1) is 0 Å². The number of hydrogen-bond donors (Lipinski definition) is 2. The fourth-order valence-corrected chi connectivity index (χ4v) is 8.56. The Kier molecular flexibility index (Phi) is 6.47. The molecule has 2 bridgehead atoms. The molecule has 238 valence electrons. The number of ether oxygens (including phenoxy) is 2. The minimum atomic E-state index is -4.87. The fourth-order valence-electron chi connectivity index (χ4n) is 8.24. The standard InChI is InChI=1S/C31H32ClF4N7O2/c1-14-9-30(6-3-7-42(30)10-14)13-45-29-40-26-21-27(44-12-18-17-5-4-16(38-17)11-43(18)28(21)41-29)23(32)20(24(26)33)25-22(31(34,35)36)15(2)8-19(37)39-25/h8,16-18,38H,1,3-7,9-13H2,2H3,(H2,37,39)/t16-,17+,18-,30+/m1/s1. The highest BCUT2D eigenvalue weighted by Crippen LogP contribution is 2.51. The van der Waals surface area contributed by atoms with Gasteiger partial charge in [0.2, 0.25) is 0 Å². The molecule has 4 saturated heterocycles. The van der Waals surface area contributed by atoms with E-state index in [1.807, 2.05) is 0 Å². The number of benzene rings is 1. The third-order valence-corrected chi connectivity index (χ3v) is 10.5. The molecule has 0 aliphatic carbocycles. The molecule has 2 aromatic heterocycles. The second-order valence-corrected chi connectivity index (χ2v) is 13.4. The van der Waals surface area contributed by atoms with E-state index in [2.05, 4.69) is 31.7 Å². The van der Waals surface area contributed by atoms with Gasteiger partial charge in [-0.3, -0.25) is 4.90 Å². The van der Waals surface area contributed by atoms with Crippen molar-refractivity contribution in [3.05, 3.63) is 40.2 Å². The Hall–Kier alpha value is -3.42. The average molecular weight is 646 g/mol. The Morgan fingerprint density at radius 2 is 2.09 bits per heavy atom. The second kappa shape index (κ2) is 10.0. The maximum absolute atomic E-state index is 16.9. The number of aromatic nitrogens is 3. The molecular formula is C31H32ClF4N7O2. The lowest BCUT2D eigenvalue weighted by Crippen LogP contribution is -2.60. The quantitative estimate of drug-likeness (QED) is 0.290. The summed E-state index contributed by atoms with van der Waals surface area (Å²) in [4.78, 5) is 17.7. The van der Waals surface area contributed by atoms with Gasteiger partial charge in [0.1, 0.15) is 30.4 Å². The number of nitrogens with two attached hydrogens (primary N) is 1. The van der Waals surface area contributed by atoms with Gasteiger partial charge in [-0.25, -0.2) is 9.37 Å². The summed E-state index contributed by atoms with van der Waals surface area (Å²) in [5.41, 5.74) is 3.88. The van der Waals surface area contributed by atoms with Gasteiger partial charge in [-0.1, -0.05) is 23.8 Å². The maximum atomic E-state index is 16.9. The first-order valence-electron chi connectivity index (χ1n) is 15.2. The summed E-state index contributed by atoms with van der Waals surface area (Å²) in [5.74, 6) is -0.881. The van der Waals surface area contributed by atoms with E-state index < -0.39 is 28.8 Å². The van der Waals surface area contributed by atoms with Gasteiger partial charge < -0.3 is 25.4 Å². The molecule has 0 radical (unpaired) electrons. The number of anilines is 2. The topological polar surface area (TPSA) is 102 Å². The number of hydrogen-bond acceptors (Lipinski definition) is 9. The lowest BCUT2D eigenvalue weighted by molar-refractivity contribution is -0.137. The first-order valence-corrected chi connectivity index (χ1v) is 15.6. The molecule has 45 heavy (non-hydrogen) atoms. The molecule has 3 N–H and O–H groups in total. The SMILES string of the molecule is C=C1CN2CCC[C@@]2(COc2nc3c4c(c(Cl)c(-c5nc(N)cc(C)c5C(F)(F)F)c(F)c4n2)OC[C@@H]2[C@@H]4CC[C@H](CN32)N4)C1. The smallest absolute Gasteiger partial charge is 0.418 e. The van der Waals surface area contributed by atoms with Crippen LogP contribution in [0.1, 0.15) is 43.2 Å². The Balaban J connectivity index is 1.34. The predicted octanol–water partition coefficient (Wildman–Crippen LogP) is 5.27. The number of nitrogens with zero attached hydrogens (tertiary/aromatic N) is 5. The number of piperazine rings is 1. The molecule has 0 saturated carbocycles. The number of alkyl halides is 3. The zero-order chi connectivity index (χ0) is 31.4. The van der Waals surface area contributed by atoms with Crippen LogP contribution >= 0.6 is 11.6 Å². The summed E-state index contributed by atoms with van der Waals surface area (Å²) in [6.45, 7) is 8.17. The largest absolute Gasteiger partial charge is 0.489 e. The maximum Gasteiger partial charge on any atom is 0.418 e. The Morgan fingerprint density at radius 3 is 2.89 bits per heavy atom. The highest BCUT2D eigenvalue weighted by Gasteiger charge is 2.48. The third-order valence-electron chi connectivity index (χ3n) is 10.1. The van der Waals surface area contributed by atoms with Crippen molar-refractivity contribution in [2.45, 2.75) is 68.9 Å². The molecule has 5 aliphatic rings. The minimum absolute atomic E-state index is 0.0116. The summed E-state index contributed by atoms with van der Waals surface area (Å²) >= 11 is 6.82. The van der Waals surface area contributed by atoms with Crippen LogP contribution in [0, 0.1) is 12.7 Å². The normalized spacial score (nSPS) is 27.5. The van der Waals surface area contributed by atoms with Crippen LogP contribution in [0.2, 0.25) is 5.02 Å². The van der Waals surface area contributed by atoms with Crippen LogP contribution in [0.15, 0.2) is 18.2 Å². The van der Waals surface area contributed by atoms with Crippen LogP contribution < -0.4 is 25.4 Å². The lowest BCUT2D eigenvalue weighted by Gasteiger charge is -2.40. The van der Waals surface area contributed by atoms with Crippen LogP contribution in [0.5, 0.6) is 11.8 Å². The van der Waals surface area contributed by atoms with Crippen molar-refractivity contribution in [3.63, 3.8) is 0 Å². The molecule has 5 aliphatic heterocycles. The summed E-state index contributed by atoms with van der Waals surface area (Å²) in [7, 11) is 0. The fraction of sp³-hybridized carbons (Fsp3) is 0.516. The van der Waals surface area contributed by atoms with E-state index >= 15 is 4.39 Å². The molecule has 8 rings (SSSR count). The number of aryl methyl sites for hydroxylation is 1. The van der Waals surface area contributed by atoms with E-state index in [0.29, 0.717) is 12.4 Å². The van der Waals surface area contributed by atoms with Gasteiger partial charge in [0.15, 0.2) is 11.6 Å². The molecule has 7 heterocycles. The van der Waals surface area contributed by atoms with Crippen molar-refractivity contribution in [2.24, 2.45) is 0 Å². The number of nitrogens with one attached hydrogen (secondary N) is 1. The van der Waals surface area contributed by atoms with Gasteiger partial charge in [-0.2, -0.15) is 23.1 Å². The molecule has 1 aromatic carbocycles. The highest BCUT2D eigenvalue weighted by atomic mass is 35.5. The van der Waals surface area contributed by atoms with E-state index in [0.717, 1.165) is 56.8 Å². The third kappa shape index (κ3) is 4.44. The van der Waals surface area contributed by atoms with Crippen molar-refractivity contribution in [2.75, 3.05) is 43.5 Å². The first kappa shape index (κ1) is 29.0. The molecule has 0 amide bonds. The van der Waals surface area contributed by atoms with E-state index in [4.69, 9.17) is 31.8 Å². The Bertz CT molecular complexity index is 1770. The van der Waals surface area contributed by atoms with Crippen molar-refractivity contribution >= 4 is 34.1 Å². The molecule has 4 fully saturated rings. The van der Waals surface area contributed by atoms with Crippen molar-refractivity contribution in [1.29, 1.82) is 0 Å². The molecule has 9 nitrogen and oxygen atoms in total. The average Bonchev–Trinajstić information content (AvgIpc) is 3.59. The number of halogens is 5. The number of pyridine rings is 1. The van der Waals surface area contributed by atoms with Crippen LogP contribution in [-0.4, -0.2) is 76.4 Å². The zero-order valence-corrected chi connectivity index (χ0v) is 25.4. The highest BCUT2D eigenvalue weighted by molar-refractivity contribution is 6.36. The van der Waals surface area contributed by atoms with Crippen LogP contribution in [0.4, 0.5) is 29.2 Å². The summed E-state index contributed by atoms with van der Waals surface area (Å²) in [6.07, 6.45) is -0.254. The van der Waals surface area contributed by atoms with E-state index in [9.17, 15) is 13.2 Å². The van der Waals surface area contributed by atoms with Crippen LogP contribution in [0.3, 0.4) is 0 Å². The molecular weight excluding hydrogens is 614 g/mol. The van der Waals surface area contributed by atoms with Crippen LogP contribution in [-0.2, 0) is 6.18 Å². The van der Waals surface area contributed by atoms with E-state index in [1.54, 1.807) is 0 Å². The zero-order valence-electron chi connectivity index (χ0n) is 24.6.